The van der Waals surface area contributed by atoms with Crippen molar-refractivity contribution in [2.75, 3.05) is 29.5 Å². The van der Waals surface area contributed by atoms with Crippen molar-refractivity contribution in [3.05, 3.63) is 30.8 Å². The molecule has 1 saturated heterocycles. The third-order valence-electron chi connectivity index (χ3n) is 4.25. The van der Waals surface area contributed by atoms with Crippen molar-refractivity contribution >= 4 is 11.4 Å². The molecule has 1 aromatic rings. The molecule has 1 aromatic carbocycles. The van der Waals surface area contributed by atoms with Gasteiger partial charge in [-0.05, 0) is 37.8 Å². The summed E-state index contributed by atoms with van der Waals surface area (Å²) in [5.74, 6) is 0. The standard InChI is InChI=1S/C15H20N3/c1-2-6-15-14(5-1)17(13-7-8-13)11-12-18(15)16-9-3-4-10-16/h1-2,5-6,9,13H,3-4,7-8,10-12H2. The Hall–Kier alpha value is -1.22. The number of anilines is 2. The highest BCUT2D eigenvalue weighted by Crippen LogP contribution is 2.40. The first-order valence-corrected chi connectivity index (χ1v) is 7.16. The first-order chi connectivity index (χ1) is 8.93. The van der Waals surface area contributed by atoms with E-state index in [9.17, 15) is 0 Å². The van der Waals surface area contributed by atoms with E-state index in [0.29, 0.717) is 0 Å². The van der Waals surface area contributed by atoms with E-state index >= 15 is 0 Å². The zero-order valence-corrected chi connectivity index (χ0v) is 10.8. The van der Waals surface area contributed by atoms with Gasteiger partial charge >= 0.3 is 0 Å². The summed E-state index contributed by atoms with van der Waals surface area (Å²) in [6.07, 6.45) is 5.28. The van der Waals surface area contributed by atoms with Gasteiger partial charge in [0.25, 0.3) is 0 Å². The number of nitrogens with zero attached hydrogens (tertiary/aromatic N) is 3. The minimum Gasteiger partial charge on any atom is -0.365 e. The van der Waals surface area contributed by atoms with Gasteiger partial charge in [0.2, 0.25) is 0 Å². The van der Waals surface area contributed by atoms with Gasteiger partial charge in [-0.3, -0.25) is 0 Å². The van der Waals surface area contributed by atoms with Crippen LogP contribution in [0.3, 0.4) is 0 Å². The van der Waals surface area contributed by atoms with E-state index in [1.165, 1.54) is 50.1 Å². The van der Waals surface area contributed by atoms with Crippen molar-refractivity contribution in [2.24, 2.45) is 0 Å². The molecule has 0 unspecified atom stereocenters. The predicted octanol–water partition coefficient (Wildman–Crippen LogP) is 2.65. The molecule has 0 spiro atoms. The number of hydrogen-bond acceptors (Lipinski definition) is 3. The molecule has 2 aliphatic heterocycles. The Morgan fingerprint density at radius 2 is 1.78 bits per heavy atom. The van der Waals surface area contributed by atoms with Crippen molar-refractivity contribution < 1.29 is 0 Å². The molecule has 3 heteroatoms. The molecule has 0 aromatic heterocycles. The summed E-state index contributed by atoms with van der Waals surface area (Å²) in [6.45, 7) is 5.83. The largest absolute Gasteiger partial charge is 0.365 e. The smallest absolute Gasteiger partial charge is 0.0756 e. The summed E-state index contributed by atoms with van der Waals surface area (Å²) < 4.78 is 0. The van der Waals surface area contributed by atoms with Gasteiger partial charge in [-0.2, -0.15) is 0 Å². The van der Waals surface area contributed by atoms with E-state index in [1.807, 2.05) is 0 Å². The summed E-state index contributed by atoms with van der Waals surface area (Å²) in [6, 6.07) is 9.71. The normalized spacial score (nSPS) is 24.4. The molecule has 95 valence electrons. The van der Waals surface area contributed by atoms with Crippen LogP contribution in [0, 0.1) is 6.54 Å². The maximum absolute atomic E-state index is 2.61. The lowest BCUT2D eigenvalue weighted by Crippen LogP contribution is -2.48. The predicted molar refractivity (Wildman–Crippen MR) is 74.4 cm³/mol. The molecule has 0 atom stereocenters. The zero-order valence-electron chi connectivity index (χ0n) is 10.8. The lowest BCUT2D eigenvalue weighted by atomic mass is 10.2. The van der Waals surface area contributed by atoms with Gasteiger partial charge in [-0.1, -0.05) is 12.1 Å². The third-order valence-corrected chi connectivity index (χ3v) is 4.25. The first kappa shape index (κ1) is 10.7. The Kier molecular flexibility index (Phi) is 2.47. The number of para-hydroxylation sites is 2. The van der Waals surface area contributed by atoms with Gasteiger partial charge in [0.1, 0.15) is 0 Å². The Morgan fingerprint density at radius 1 is 0.944 bits per heavy atom. The maximum atomic E-state index is 2.61. The SMILES string of the molecule is [CH]1CCCN1N1CCN(C2CC2)c2ccccc21. The molecule has 3 nitrogen and oxygen atoms in total. The van der Waals surface area contributed by atoms with Crippen LogP contribution in [-0.4, -0.2) is 30.7 Å². The third kappa shape index (κ3) is 1.69. The molecule has 3 aliphatic rings. The average molecular weight is 242 g/mol. The van der Waals surface area contributed by atoms with Crippen molar-refractivity contribution in [3.8, 4) is 0 Å². The second-order valence-electron chi connectivity index (χ2n) is 5.52. The Morgan fingerprint density at radius 3 is 2.50 bits per heavy atom. The summed E-state index contributed by atoms with van der Waals surface area (Å²) >= 11 is 0. The van der Waals surface area contributed by atoms with Crippen molar-refractivity contribution in [1.82, 2.24) is 5.01 Å². The van der Waals surface area contributed by atoms with Crippen LogP contribution in [0.25, 0.3) is 0 Å². The van der Waals surface area contributed by atoms with Crippen LogP contribution < -0.4 is 9.91 Å². The van der Waals surface area contributed by atoms with Gasteiger partial charge in [0, 0.05) is 25.7 Å². The van der Waals surface area contributed by atoms with E-state index in [2.05, 4.69) is 45.7 Å². The van der Waals surface area contributed by atoms with Crippen LogP contribution in [-0.2, 0) is 0 Å². The average Bonchev–Trinajstić information content (AvgIpc) is 3.12. The van der Waals surface area contributed by atoms with Crippen LogP contribution in [0.2, 0.25) is 0 Å². The summed E-state index contributed by atoms with van der Waals surface area (Å²) in [4.78, 5) is 2.61. The second kappa shape index (κ2) is 4.16. The Labute approximate surface area is 109 Å². The topological polar surface area (TPSA) is 9.72 Å². The number of fused-ring (bicyclic) bond motifs is 1. The van der Waals surface area contributed by atoms with Gasteiger partial charge in [-0.25, -0.2) is 5.01 Å². The van der Waals surface area contributed by atoms with Crippen LogP contribution in [0.4, 0.5) is 11.4 Å². The quantitative estimate of drug-likeness (QED) is 0.789. The van der Waals surface area contributed by atoms with Gasteiger partial charge in [0.15, 0.2) is 0 Å². The highest BCUT2D eigenvalue weighted by atomic mass is 15.6. The molecule has 4 rings (SSSR count). The fourth-order valence-electron chi connectivity index (χ4n) is 3.21. The second-order valence-corrected chi connectivity index (χ2v) is 5.52. The number of rotatable bonds is 2. The molecule has 0 bridgehead atoms. The molecule has 2 fully saturated rings. The molecule has 1 radical (unpaired) electrons. The first-order valence-electron chi connectivity index (χ1n) is 7.16. The fraction of sp³-hybridized carbons (Fsp3) is 0.533. The van der Waals surface area contributed by atoms with E-state index in [-0.39, 0.29) is 0 Å². The van der Waals surface area contributed by atoms with Gasteiger partial charge in [0.05, 0.1) is 17.9 Å². The van der Waals surface area contributed by atoms with E-state index in [4.69, 9.17) is 0 Å². The molecule has 0 amide bonds. The minimum absolute atomic E-state index is 0.816. The van der Waals surface area contributed by atoms with Crippen molar-refractivity contribution in [1.29, 1.82) is 0 Å². The summed E-state index contributed by atoms with van der Waals surface area (Å²) in [5.41, 5.74) is 2.83. The number of hydrogen-bond donors (Lipinski definition) is 0. The van der Waals surface area contributed by atoms with Crippen LogP contribution in [0.5, 0.6) is 0 Å². The van der Waals surface area contributed by atoms with Crippen LogP contribution in [0.1, 0.15) is 25.7 Å². The summed E-state index contributed by atoms with van der Waals surface area (Å²) in [7, 11) is 0. The summed E-state index contributed by atoms with van der Waals surface area (Å²) in [5, 5.41) is 4.89. The minimum atomic E-state index is 0.816. The number of hydrazine groups is 1. The zero-order chi connectivity index (χ0) is 11.9. The highest BCUT2D eigenvalue weighted by Gasteiger charge is 2.35. The molecule has 0 N–H and O–H groups in total. The monoisotopic (exact) mass is 242 g/mol. The molecule has 1 saturated carbocycles. The highest BCUT2D eigenvalue weighted by molar-refractivity contribution is 5.73. The lowest BCUT2D eigenvalue weighted by molar-refractivity contribution is 0.346. The van der Waals surface area contributed by atoms with Crippen molar-refractivity contribution in [3.63, 3.8) is 0 Å². The van der Waals surface area contributed by atoms with E-state index in [0.717, 1.165) is 12.6 Å². The molecule has 1 aliphatic carbocycles. The molecule has 18 heavy (non-hydrogen) atoms. The fourth-order valence-corrected chi connectivity index (χ4v) is 3.21. The van der Waals surface area contributed by atoms with Crippen molar-refractivity contribution in [2.45, 2.75) is 31.7 Å². The van der Waals surface area contributed by atoms with E-state index < -0.39 is 0 Å². The lowest BCUT2D eigenvalue weighted by Gasteiger charge is -2.42. The molecular weight excluding hydrogens is 222 g/mol. The Balaban J connectivity index is 1.68. The van der Waals surface area contributed by atoms with Gasteiger partial charge in [-0.15, -0.1) is 0 Å². The van der Waals surface area contributed by atoms with Crippen LogP contribution in [0.15, 0.2) is 24.3 Å². The number of benzene rings is 1. The molecular formula is C15H20N3. The van der Waals surface area contributed by atoms with Crippen LogP contribution >= 0.6 is 0 Å². The van der Waals surface area contributed by atoms with Gasteiger partial charge < -0.3 is 9.91 Å². The molecule has 2 heterocycles. The van der Waals surface area contributed by atoms with E-state index in [1.54, 1.807) is 0 Å². The maximum Gasteiger partial charge on any atom is 0.0756 e. The Bertz CT molecular complexity index is 435.